The second kappa shape index (κ2) is 6.29. The molecule has 2 amide bonds. The summed E-state index contributed by atoms with van der Waals surface area (Å²) in [6.45, 7) is 4.48. The Morgan fingerprint density at radius 2 is 1.92 bits per heavy atom. The summed E-state index contributed by atoms with van der Waals surface area (Å²) in [6.07, 6.45) is -0.0972. The molecule has 0 aliphatic carbocycles. The van der Waals surface area contributed by atoms with Gasteiger partial charge in [0.1, 0.15) is 12.1 Å². The van der Waals surface area contributed by atoms with Crippen LogP contribution in [0.2, 0.25) is 0 Å². The van der Waals surface area contributed by atoms with E-state index in [9.17, 15) is 19.1 Å². The molecule has 0 radical (unpaired) electrons. The van der Waals surface area contributed by atoms with Crippen molar-refractivity contribution < 1.29 is 24.0 Å². The quantitative estimate of drug-likeness (QED) is 0.583. The average molecular weight is 355 g/mol. The number of amidine groups is 1. The predicted octanol–water partition coefficient (Wildman–Crippen LogP) is 2.23. The minimum atomic E-state index is -4.40. The van der Waals surface area contributed by atoms with Gasteiger partial charge in [-0.3, -0.25) is 14.8 Å². The number of carbonyl (C=O) groups excluding carboxylic acids is 1. The summed E-state index contributed by atoms with van der Waals surface area (Å²) in [5.74, 6) is -0.176. The summed E-state index contributed by atoms with van der Waals surface area (Å²) in [4.78, 5) is 36.5. The van der Waals surface area contributed by atoms with Crippen LogP contribution >= 0.6 is 7.60 Å². The van der Waals surface area contributed by atoms with Crippen molar-refractivity contribution in [3.63, 3.8) is 0 Å². The largest absolute Gasteiger partial charge is 0.348 e. The van der Waals surface area contributed by atoms with Gasteiger partial charge in [0.25, 0.3) is 0 Å². The Balaban J connectivity index is 2.11. The van der Waals surface area contributed by atoms with Crippen LogP contribution in [0.4, 0.5) is 4.79 Å². The summed E-state index contributed by atoms with van der Waals surface area (Å²) in [6, 6.07) is 8.55. The number of carbonyl (C=O) groups is 1. The average Bonchev–Trinajstić information content (AvgIpc) is 2.66. The van der Waals surface area contributed by atoms with Crippen LogP contribution in [0.15, 0.2) is 30.3 Å². The highest BCUT2D eigenvalue weighted by atomic mass is 31.2. The molecule has 132 valence electrons. The Morgan fingerprint density at radius 3 is 2.46 bits per heavy atom. The summed E-state index contributed by atoms with van der Waals surface area (Å²) in [5, 5.41) is 10.2. The van der Waals surface area contributed by atoms with Crippen LogP contribution in [0.25, 0.3) is 0 Å². The first-order valence-corrected chi connectivity index (χ1v) is 9.01. The molecule has 4 N–H and O–H groups in total. The fraction of sp³-hybridized carbons (Fsp3) is 0.467. The minimum Gasteiger partial charge on any atom is -0.324 e. The molecule has 0 bridgehead atoms. The number of urea groups is 1. The molecule has 0 spiro atoms. The molecule has 2 rings (SSSR count). The zero-order valence-corrected chi connectivity index (χ0v) is 14.7. The van der Waals surface area contributed by atoms with Crippen LogP contribution in [0.1, 0.15) is 32.8 Å². The number of nitrogens with zero attached hydrogens (tertiary/aromatic N) is 1. The lowest BCUT2D eigenvalue weighted by atomic mass is 9.90. The van der Waals surface area contributed by atoms with E-state index in [0.29, 0.717) is 0 Å². The molecule has 1 aromatic rings. The van der Waals surface area contributed by atoms with Gasteiger partial charge in [-0.15, -0.1) is 0 Å². The SMILES string of the molecule is CC1(CC(C)(C)P(=O)(O)O)NC(=O)N(OCc2ccccc2)C1=N. The second-order valence-corrected chi connectivity index (χ2v) is 9.00. The molecule has 1 saturated heterocycles. The first-order chi connectivity index (χ1) is 11.0. The van der Waals surface area contributed by atoms with Gasteiger partial charge in [-0.25, -0.2) is 4.79 Å². The van der Waals surface area contributed by atoms with Crippen LogP contribution in [-0.2, 0) is 16.0 Å². The van der Waals surface area contributed by atoms with E-state index < -0.39 is 24.3 Å². The van der Waals surface area contributed by atoms with Gasteiger partial charge >= 0.3 is 13.6 Å². The van der Waals surface area contributed by atoms with E-state index in [1.54, 1.807) is 6.92 Å². The van der Waals surface area contributed by atoms with E-state index in [2.05, 4.69) is 5.32 Å². The minimum absolute atomic E-state index is 0.0972. The van der Waals surface area contributed by atoms with Gasteiger partial charge in [0.15, 0.2) is 5.84 Å². The summed E-state index contributed by atoms with van der Waals surface area (Å²) in [7, 11) is -4.40. The molecule has 1 fully saturated rings. The Bertz CT molecular complexity index is 688. The second-order valence-electron chi connectivity index (χ2n) is 6.70. The van der Waals surface area contributed by atoms with Crippen molar-refractivity contribution in [3.05, 3.63) is 35.9 Å². The van der Waals surface area contributed by atoms with E-state index in [-0.39, 0.29) is 18.9 Å². The molecule has 1 aromatic carbocycles. The van der Waals surface area contributed by atoms with Gasteiger partial charge in [-0.2, -0.15) is 5.06 Å². The van der Waals surface area contributed by atoms with E-state index >= 15 is 0 Å². The molecular weight excluding hydrogens is 333 g/mol. The van der Waals surface area contributed by atoms with Crippen LogP contribution < -0.4 is 5.32 Å². The Hall–Kier alpha value is -1.73. The Kier molecular flexibility index (Phi) is 4.88. The molecule has 24 heavy (non-hydrogen) atoms. The van der Waals surface area contributed by atoms with E-state index in [4.69, 9.17) is 10.2 Å². The lowest BCUT2D eigenvalue weighted by molar-refractivity contribution is -0.0687. The van der Waals surface area contributed by atoms with Crippen LogP contribution in [-0.4, -0.2) is 37.4 Å². The van der Waals surface area contributed by atoms with Gasteiger partial charge in [0.05, 0.1) is 5.16 Å². The lowest BCUT2D eigenvalue weighted by Gasteiger charge is -2.34. The number of hydrogen-bond acceptors (Lipinski definition) is 4. The number of rotatable bonds is 6. The first-order valence-electron chi connectivity index (χ1n) is 7.40. The van der Waals surface area contributed by atoms with Crippen molar-refractivity contribution >= 4 is 19.5 Å². The third-order valence-corrected chi connectivity index (χ3v) is 5.81. The summed E-state index contributed by atoms with van der Waals surface area (Å²) in [5.41, 5.74) is -0.388. The highest BCUT2D eigenvalue weighted by Gasteiger charge is 2.52. The van der Waals surface area contributed by atoms with Gasteiger partial charge in [0.2, 0.25) is 0 Å². The number of nitrogens with one attached hydrogen (secondary N) is 2. The van der Waals surface area contributed by atoms with Crippen molar-refractivity contribution in [1.29, 1.82) is 5.41 Å². The van der Waals surface area contributed by atoms with E-state index in [0.717, 1.165) is 10.6 Å². The molecule has 8 nitrogen and oxygen atoms in total. The van der Waals surface area contributed by atoms with Crippen molar-refractivity contribution in [2.45, 2.75) is 44.5 Å². The van der Waals surface area contributed by atoms with Crippen LogP contribution in [0, 0.1) is 5.41 Å². The number of hydroxylamine groups is 2. The molecule has 1 heterocycles. The third-order valence-electron chi connectivity index (χ3n) is 4.07. The maximum Gasteiger partial charge on any atom is 0.348 e. The molecule has 0 saturated carbocycles. The maximum atomic E-state index is 12.1. The number of benzene rings is 1. The fourth-order valence-corrected chi connectivity index (χ4v) is 3.13. The Morgan fingerprint density at radius 1 is 1.33 bits per heavy atom. The highest BCUT2D eigenvalue weighted by Crippen LogP contribution is 2.54. The summed E-state index contributed by atoms with van der Waals surface area (Å²) >= 11 is 0. The molecule has 1 atom stereocenters. The molecule has 0 aromatic heterocycles. The van der Waals surface area contributed by atoms with Crippen molar-refractivity contribution in [1.82, 2.24) is 10.4 Å². The fourth-order valence-electron chi connectivity index (χ4n) is 2.60. The maximum absolute atomic E-state index is 12.1. The molecule has 1 unspecified atom stereocenters. The normalized spacial score (nSPS) is 22.0. The van der Waals surface area contributed by atoms with Crippen molar-refractivity contribution in [3.8, 4) is 0 Å². The number of amides is 2. The smallest absolute Gasteiger partial charge is 0.324 e. The van der Waals surface area contributed by atoms with Gasteiger partial charge in [-0.05, 0) is 32.8 Å². The van der Waals surface area contributed by atoms with Gasteiger partial charge in [-0.1, -0.05) is 30.3 Å². The standard InChI is InChI=1S/C15H22N3O5P/c1-14(2,24(20,21)22)10-15(3)12(16)18(13(19)17-15)23-9-11-7-5-4-6-8-11/h4-8,16H,9-10H2,1-3H3,(H,17,19)(H2,20,21,22). The zero-order valence-electron chi connectivity index (χ0n) is 13.8. The zero-order chi connectivity index (χ0) is 18.2. The van der Waals surface area contributed by atoms with Crippen molar-refractivity contribution in [2.75, 3.05) is 0 Å². The lowest BCUT2D eigenvalue weighted by Crippen LogP contribution is -2.48. The number of hydrogen-bond donors (Lipinski definition) is 4. The van der Waals surface area contributed by atoms with Crippen molar-refractivity contribution in [2.24, 2.45) is 0 Å². The highest BCUT2D eigenvalue weighted by molar-refractivity contribution is 7.53. The van der Waals surface area contributed by atoms with Gasteiger partial charge < -0.3 is 15.1 Å². The van der Waals surface area contributed by atoms with Crippen LogP contribution in [0.3, 0.4) is 0 Å². The topological polar surface area (TPSA) is 123 Å². The third kappa shape index (κ3) is 3.67. The predicted molar refractivity (Wildman–Crippen MR) is 88.5 cm³/mol. The monoisotopic (exact) mass is 355 g/mol. The Labute approximate surface area is 140 Å². The van der Waals surface area contributed by atoms with Crippen LogP contribution in [0.5, 0.6) is 0 Å². The molecule has 1 aliphatic rings. The molecule has 9 heteroatoms. The summed E-state index contributed by atoms with van der Waals surface area (Å²) < 4.78 is 11.6. The van der Waals surface area contributed by atoms with E-state index in [1.165, 1.54) is 13.8 Å². The first kappa shape index (κ1) is 18.6. The van der Waals surface area contributed by atoms with Gasteiger partial charge in [0, 0.05) is 0 Å². The molecule has 1 aliphatic heterocycles. The molecular formula is C15H22N3O5P. The van der Waals surface area contributed by atoms with E-state index in [1.807, 2.05) is 30.3 Å².